The minimum atomic E-state index is -1.04. The van der Waals surface area contributed by atoms with Gasteiger partial charge in [0.2, 0.25) is 0 Å². The first-order valence-corrected chi connectivity index (χ1v) is 7.31. The van der Waals surface area contributed by atoms with Crippen molar-refractivity contribution in [2.24, 2.45) is 11.8 Å². The molecule has 0 aromatic rings. The number of piperidine rings is 1. The molecule has 0 aromatic heterocycles. The molecule has 1 atom stereocenters. The van der Waals surface area contributed by atoms with E-state index in [0.717, 1.165) is 0 Å². The van der Waals surface area contributed by atoms with Gasteiger partial charge in [0, 0.05) is 13.1 Å². The Kier molecular flexibility index (Phi) is 6.45. The van der Waals surface area contributed by atoms with Crippen LogP contribution < -0.4 is 5.32 Å². The van der Waals surface area contributed by atoms with Gasteiger partial charge in [0.05, 0.1) is 12.5 Å². The normalized spacial score (nSPS) is 17.4. The van der Waals surface area contributed by atoms with Crippen LogP contribution in [0.1, 0.15) is 33.6 Å². The number of likely N-dealkylation sites (tertiary alicyclic amines) is 1. The highest BCUT2D eigenvalue weighted by Gasteiger charge is 2.30. The fourth-order valence-corrected chi connectivity index (χ4v) is 2.32. The summed E-state index contributed by atoms with van der Waals surface area (Å²) in [5, 5.41) is 11.6. The Morgan fingerprint density at radius 3 is 2.29 bits per heavy atom. The van der Waals surface area contributed by atoms with E-state index in [2.05, 4.69) is 5.32 Å². The molecule has 0 aliphatic carbocycles. The number of carbonyl (C=O) groups is 3. The van der Waals surface area contributed by atoms with E-state index in [1.165, 1.54) is 0 Å². The van der Waals surface area contributed by atoms with Gasteiger partial charge in [-0.2, -0.15) is 0 Å². The molecular weight excluding hydrogens is 276 g/mol. The summed E-state index contributed by atoms with van der Waals surface area (Å²) in [6, 6.07) is -1.29. The molecule has 1 aliphatic heterocycles. The molecule has 7 heteroatoms. The number of rotatable bonds is 5. The van der Waals surface area contributed by atoms with Crippen LogP contribution in [0.5, 0.6) is 0 Å². The Morgan fingerprint density at radius 1 is 1.29 bits per heavy atom. The summed E-state index contributed by atoms with van der Waals surface area (Å²) < 4.78 is 4.97. The zero-order chi connectivity index (χ0) is 16.0. The van der Waals surface area contributed by atoms with Crippen LogP contribution in [0.4, 0.5) is 4.79 Å². The van der Waals surface area contributed by atoms with E-state index < -0.39 is 18.0 Å². The number of ether oxygens (including phenoxy) is 1. The highest BCUT2D eigenvalue weighted by Crippen LogP contribution is 2.19. The summed E-state index contributed by atoms with van der Waals surface area (Å²) in [6.07, 6.45) is 1.09. The summed E-state index contributed by atoms with van der Waals surface area (Å²) in [7, 11) is 0. The highest BCUT2D eigenvalue weighted by molar-refractivity contribution is 5.83. The van der Waals surface area contributed by atoms with Crippen LogP contribution in [0.2, 0.25) is 0 Å². The second kappa shape index (κ2) is 7.85. The Labute approximate surface area is 124 Å². The molecule has 21 heavy (non-hydrogen) atoms. The van der Waals surface area contributed by atoms with Crippen molar-refractivity contribution >= 4 is 18.0 Å². The van der Waals surface area contributed by atoms with Crippen molar-refractivity contribution in [3.63, 3.8) is 0 Å². The number of esters is 1. The number of nitrogens with one attached hydrogen (secondary N) is 1. The van der Waals surface area contributed by atoms with E-state index in [0.29, 0.717) is 32.5 Å². The molecule has 1 unspecified atom stereocenters. The summed E-state index contributed by atoms with van der Waals surface area (Å²) >= 11 is 0. The van der Waals surface area contributed by atoms with Gasteiger partial charge in [-0.05, 0) is 25.7 Å². The first-order chi connectivity index (χ1) is 9.86. The Bertz CT molecular complexity index is 389. The lowest BCUT2D eigenvalue weighted by Gasteiger charge is -2.32. The predicted molar refractivity (Wildman–Crippen MR) is 75.7 cm³/mol. The molecule has 1 heterocycles. The van der Waals surface area contributed by atoms with Crippen molar-refractivity contribution in [3.8, 4) is 0 Å². The van der Waals surface area contributed by atoms with Gasteiger partial charge in [0.1, 0.15) is 6.04 Å². The Morgan fingerprint density at radius 2 is 1.86 bits per heavy atom. The van der Waals surface area contributed by atoms with E-state index in [1.807, 2.05) is 0 Å². The zero-order valence-corrected chi connectivity index (χ0v) is 12.8. The quantitative estimate of drug-likeness (QED) is 0.741. The van der Waals surface area contributed by atoms with Crippen LogP contribution in [0.15, 0.2) is 0 Å². The van der Waals surface area contributed by atoms with Crippen LogP contribution in [0, 0.1) is 11.8 Å². The number of nitrogens with zero attached hydrogens (tertiary/aromatic N) is 1. The summed E-state index contributed by atoms with van der Waals surface area (Å²) in [5.74, 6) is -1.62. The Balaban J connectivity index is 2.48. The van der Waals surface area contributed by atoms with Gasteiger partial charge >= 0.3 is 18.0 Å². The van der Waals surface area contributed by atoms with E-state index in [9.17, 15) is 14.4 Å². The van der Waals surface area contributed by atoms with Gasteiger partial charge < -0.3 is 20.1 Å². The molecule has 2 amide bonds. The number of urea groups is 1. The maximum atomic E-state index is 12.1. The lowest BCUT2D eigenvalue weighted by molar-refractivity contribution is -0.149. The van der Waals surface area contributed by atoms with Gasteiger partial charge in [0.25, 0.3) is 0 Å². The minimum Gasteiger partial charge on any atom is -0.480 e. The van der Waals surface area contributed by atoms with Gasteiger partial charge in [-0.15, -0.1) is 0 Å². The first kappa shape index (κ1) is 17.3. The van der Waals surface area contributed by atoms with Gasteiger partial charge in [-0.1, -0.05) is 13.8 Å². The molecule has 0 aromatic carbocycles. The van der Waals surface area contributed by atoms with E-state index in [1.54, 1.807) is 25.7 Å². The van der Waals surface area contributed by atoms with Crippen molar-refractivity contribution in [1.29, 1.82) is 0 Å². The largest absolute Gasteiger partial charge is 0.480 e. The van der Waals surface area contributed by atoms with E-state index in [4.69, 9.17) is 9.84 Å². The van der Waals surface area contributed by atoms with Crippen molar-refractivity contribution in [3.05, 3.63) is 0 Å². The number of amides is 2. The third-order valence-corrected chi connectivity index (χ3v) is 3.61. The number of hydrogen-bond donors (Lipinski definition) is 2. The first-order valence-electron chi connectivity index (χ1n) is 7.31. The highest BCUT2D eigenvalue weighted by atomic mass is 16.5. The molecule has 0 bridgehead atoms. The maximum Gasteiger partial charge on any atom is 0.326 e. The molecule has 1 rings (SSSR count). The molecule has 7 nitrogen and oxygen atoms in total. The van der Waals surface area contributed by atoms with Crippen LogP contribution in [-0.4, -0.2) is 53.7 Å². The second-order valence-electron chi connectivity index (χ2n) is 5.52. The number of aliphatic carboxylic acids is 1. The molecular formula is C14H24N2O5. The zero-order valence-electron chi connectivity index (χ0n) is 12.8. The van der Waals surface area contributed by atoms with Gasteiger partial charge in [-0.3, -0.25) is 4.79 Å². The number of carboxylic acids is 1. The van der Waals surface area contributed by atoms with Crippen LogP contribution in [-0.2, 0) is 14.3 Å². The lowest BCUT2D eigenvalue weighted by Crippen LogP contribution is -2.52. The maximum absolute atomic E-state index is 12.1. The number of carboxylic acid groups (broad SMARTS) is 1. The van der Waals surface area contributed by atoms with E-state index >= 15 is 0 Å². The fraction of sp³-hybridized carbons (Fsp3) is 0.786. The molecule has 0 saturated carbocycles. The molecule has 0 radical (unpaired) electrons. The second-order valence-corrected chi connectivity index (χ2v) is 5.52. The van der Waals surface area contributed by atoms with E-state index in [-0.39, 0.29) is 17.8 Å². The van der Waals surface area contributed by atoms with Crippen molar-refractivity contribution in [2.75, 3.05) is 19.7 Å². The van der Waals surface area contributed by atoms with Gasteiger partial charge in [-0.25, -0.2) is 9.59 Å². The molecule has 2 N–H and O–H groups in total. The monoisotopic (exact) mass is 300 g/mol. The molecule has 0 spiro atoms. The van der Waals surface area contributed by atoms with Crippen molar-refractivity contribution < 1.29 is 24.2 Å². The molecule has 1 aliphatic rings. The molecule has 1 fully saturated rings. The fourth-order valence-electron chi connectivity index (χ4n) is 2.32. The van der Waals surface area contributed by atoms with Crippen LogP contribution in [0.3, 0.4) is 0 Å². The lowest BCUT2D eigenvalue weighted by atomic mass is 9.97. The van der Waals surface area contributed by atoms with Crippen molar-refractivity contribution in [2.45, 2.75) is 39.7 Å². The Hall–Kier alpha value is -1.79. The molecule has 120 valence electrons. The topological polar surface area (TPSA) is 95.9 Å². The average molecular weight is 300 g/mol. The van der Waals surface area contributed by atoms with Crippen LogP contribution >= 0.6 is 0 Å². The smallest absolute Gasteiger partial charge is 0.326 e. The van der Waals surface area contributed by atoms with Crippen LogP contribution in [0.25, 0.3) is 0 Å². The number of carbonyl (C=O) groups excluding carboxylic acids is 2. The van der Waals surface area contributed by atoms with Crippen molar-refractivity contribution in [1.82, 2.24) is 10.2 Å². The third-order valence-electron chi connectivity index (χ3n) is 3.61. The van der Waals surface area contributed by atoms with Gasteiger partial charge in [0.15, 0.2) is 0 Å². The molecule has 1 saturated heterocycles. The standard InChI is InChI=1S/C14H24N2O5/c1-4-21-13(19)10-5-7-16(8-6-10)14(20)15-11(9(2)3)12(17)18/h9-11H,4-8H2,1-3H3,(H,15,20)(H,17,18). The minimum absolute atomic E-state index is 0.172. The third kappa shape index (κ3) is 4.91. The summed E-state index contributed by atoms with van der Waals surface area (Å²) in [4.78, 5) is 36.3. The summed E-state index contributed by atoms with van der Waals surface area (Å²) in [5.41, 5.74) is 0. The SMILES string of the molecule is CCOC(=O)C1CCN(C(=O)NC(C(=O)O)C(C)C)CC1. The number of hydrogen-bond acceptors (Lipinski definition) is 4. The summed E-state index contributed by atoms with van der Waals surface area (Å²) in [6.45, 7) is 6.46. The predicted octanol–water partition coefficient (Wildman–Crippen LogP) is 1.08. The average Bonchev–Trinajstić information content (AvgIpc) is 2.44.